The third-order valence-corrected chi connectivity index (χ3v) is 5.75. The van der Waals surface area contributed by atoms with Gasteiger partial charge in [-0.2, -0.15) is 0 Å². The second-order valence-electron chi connectivity index (χ2n) is 8.14. The van der Waals surface area contributed by atoms with Crippen molar-refractivity contribution >= 4 is 17.4 Å². The molecule has 1 atom stereocenters. The summed E-state index contributed by atoms with van der Waals surface area (Å²) in [6.07, 6.45) is 4.54. The molecule has 1 saturated heterocycles. The first-order valence-corrected chi connectivity index (χ1v) is 11.3. The van der Waals surface area contributed by atoms with Gasteiger partial charge in [0.1, 0.15) is 23.1 Å². The summed E-state index contributed by atoms with van der Waals surface area (Å²) < 4.78 is 24.7. The van der Waals surface area contributed by atoms with Crippen LogP contribution in [0.1, 0.15) is 49.1 Å². The number of hydrogen-bond acceptors (Lipinski definition) is 5. The number of ether oxygens (including phenoxy) is 1. The fraction of sp³-hybridized carbons (Fsp3) is 0.259. The number of amides is 1. The fourth-order valence-electron chi connectivity index (χ4n) is 4.04. The van der Waals surface area contributed by atoms with Gasteiger partial charge in [-0.05, 0) is 60.5 Å². The van der Waals surface area contributed by atoms with Gasteiger partial charge in [0.2, 0.25) is 0 Å². The molecule has 1 unspecified atom stereocenters. The Morgan fingerprint density at radius 3 is 2.59 bits per heavy atom. The summed E-state index contributed by atoms with van der Waals surface area (Å²) in [5.41, 5.74) is 0.795. The summed E-state index contributed by atoms with van der Waals surface area (Å²) in [4.78, 5) is 27.5. The highest BCUT2D eigenvalue weighted by molar-refractivity contribution is 6.46. The zero-order chi connectivity index (χ0) is 24.1. The Labute approximate surface area is 197 Å². The molecule has 0 spiro atoms. The molecule has 3 aromatic rings. The molecule has 1 fully saturated rings. The number of halogens is 1. The summed E-state index contributed by atoms with van der Waals surface area (Å²) in [6.45, 7) is 2.72. The smallest absolute Gasteiger partial charge is 0.296 e. The van der Waals surface area contributed by atoms with Gasteiger partial charge in [0.05, 0.1) is 31.0 Å². The van der Waals surface area contributed by atoms with Gasteiger partial charge >= 0.3 is 0 Å². The quantitative estimate of drug-likeness (QED) is 0.193. The number of Topliss-reactive ketones (excluding diaryl/α,β-unsaturated/α-hetero) is 1. The van der Waals surface area contributed by atoms with Crippen LogP contribution in [0.4, 0.5) is 4.39 Å². The van der Waals surface area contributed by atoms with Crippen molar-refractivity contribution in [2.45, 2.75) is 38.8 Å². The Bertz CT molecular complexity index is 1180. The van der Waals surface area contributed by atoms with E-state index < -0.39 is 23.5 Å². The molecule has 4 rings (SSSR count). The Kier molecular flexibility index (Phi) is 7.11. The van der Waals surface area contributed by atoms with E-state index in [9.17, 15) is 19.1 Å². The zero-order valence-corrected chi connectivity index (χ0v) is 18.9. The van der Waals surface area contributed by atoms with Crippen LogP contribution in [-0.4, -0.2) is 28.3 Å². The van der Waals surface area contributed by atoms with Gasteiger partial charge in [0.15, 0.2) is 0 Å². The maximum absolute atomic E-state index is 13.4. The van der Waals surface area contributed by atoms with Crippen molar-refractivity contribution < 1.29 is 28.2 Å². The molecule has 0 aliphatic carbocycles. The first-order valence-electron chi connectivity index (χ1n) is 11.3. The predicted octanol–water partition coefficient (Wildman–Crippen LogP) is 5.61. The molecule has 2 aromatic carbocycles. The van der Waals surface area contributed by atoms with E-state index in [4.69, 9.17) is 9.15 Å². The number of aliphatic hydroxyl groups is 1. The Morgan fingerprint density at radius 2 is 1.88 bits per heavy atom. The third kappa shape index (κ3) is 4.88. The lowest BCUT2D eigenvalue weighted by atomic mass is 9.95. The molecule has 0 bridgehead atoms. The van der Waals surface area contributed by atoms with Gasteiger partial charge < -0.3 is 19.2 Å². The number of furan rings is 1. The molecule has 7 heteroatoms. The number of aliphatic hydroxyl groups excluding tert-OH is 1. The molecule has 1 aliphatic rings. The third-order valence-electron chi connectivity index (χ3n) is 5.75. The normalized spacial score (nSPS) is 17.4. The van der Waals surface area contributed by atoms with E-state index in [1.165, 1.54) is 35.4 Å². The van der Waals surface area contributed by atoms with Crippen molar-refractivity contribution in [1.82, 2.24) is 4.90 Å². The SMILES string of the molecule is CCCCCOc1cccc(C2C(=C(O)c3ccc(F)cc3)C(=O)C(=O)N2Cc2ccco2)c1. The Hall–Kier alpha value is -3.87. The van der Waals surface area contributed by atoms with Crippen LogP contribution in [0.3, 0.4) is 0 Å². The molecule has 1 aliphatic heterocycles. The van der Waals surface area contributed by atoms with Crippen molar-refractivity contribution in [2.75, 3.05) is 6.61 Å². The summed E-state index contributed by atoms with van der Waals surface area (Å²) in [5.74, 6) is -1.29. The minimum atomic E-state index is -0.866. The van der Waals surface area contributed by atoms with Crippen LogP contribution in [0.5, 0.6) is 5.75 Å². The summed E-state index contributed by atoms with van der Waals surface area (Å²) in [5, 5.41) is 11.0. The second-order valence-corrected chi connectivity index (χ2v) is 8.14. The van der Waals surface area contributed by atoms with E-state index in [-0.39, 0.29) is 23.4 Å². The minimum Gasteiger partial charge on any atom is -0.507 e. The number of carbonyl (C=O) groups excluding carboxylic acids is 2. The molecule has 34 heavy (non-hydrogen) atoms. The van der Waals surface area contributed by atoms with Crippen molar-refractivity contribution in [3.8, 4) is 5.75 Å². The van der Waals surface area contributed by atoms with Crippen LogP contribution in [0, 0.1) is 5.82 Å². The monoisotopic (exact) mass is 463 g/mol. The van der Waals surface area contributed by atoms with Gasteiger partial charge in [0, 0.05) is 5.56 Å². The molecule has 0 radical (unpaired) electrons. The van der Waals surface area contributed by atoms with Crippen LogP contribution in [0.2, 0.25) is 0 Å². The van der Waals surface area contributed by atoms with Crippen molar-refractivity contribution in [3.63, 3.8) is 0 Å². The van der Waals surface area contributed by atoms with Gasteiger partial charge in [-0.3, -0.25) is 9.59 Å². The van der Waals surface area contributed by atoms with E-state index >= 15 is 0 Å². The maximum atomic E-state index is 13.4. The van der Waals surface area contributed by atoms with E-state index in [2.05, 4.69) is 6.92 Å². The average molecular weight is 464 g/mol. The summed E-state index contributed by atoms with van der Waals surface area (Å²) in [7, 11) is 0. The lowest BCUT2D eigenvalue weighted by Gasteiger charge is -2.25. The summed E-state index contributed by atoms with van der Waals surface area (Å²) >= 11 is 0. The van der Waals surface area contributed by atoms with E-state index in [1.807, 2.05) is 6.07 Å². The van der Waals surface area contributed by atoms with Gasteiger partial charge in [0.25, 0.3) is 11.7 Å². The molecule has 1 aromatic heterocycles. The van der Waals surface area contributed by atoms with E-state index in [0.717, 1.165) is 19.3 Å². The Balaban J connectivity index is 1.76. The number of rotatable bonds is 9. The molecular weight excluding hydrogens is 437 g/mol. The Morgan fingerprint density at radius 1 is 1.09 bits per heavy atom. The van der Waals surface area contributed by atoms with E-state index in [0.29, 0.717) is 23.7 Å². The van der Waals surface area contributed by atoms with Crippen molar-refractivity contribution in [2.24, 2.45) is 0 Å². The van der Waals surface area contributed by atoms with E-state index in [1.54, 1.807) is 30.3 Å². The minimum absolute atomic E-state index is 0.0457. The standard InChI is InChI=1S/C27H26FNO5/c1-2-3-4-14-33-21-8-5-7-19(16-21)24-23(25(30)18-10-12-20(28)13-11-18)26(31)27(32)29(24)17-22-9-6-15-34-22/h5-13,15-16,24,30H,2-4,14,17H2,1H3. The highest BCUT2D eigenvalue weighted by Crippen LogP contribution is 2.41. The van der Waals surface area contributed by atoms with Crippen LogP contribution in [0.15, 0.2) is 76.9 Å². The molecular formula is C27H26FNO5. The van der Waals surface area contributed by atoms with Gasteiger partial charge in [-0.15, -0.1) is 0 Å². The van der Waals surface area contributed by atoms with Crippen LogP contribution in [0.25, 0.3) is 5.76 Å². The number of carbonyl (C=O) groups is 2. The highest BCUT2D eigenvalue weighted by Gasteiger charge is 2.46. The topological polar surface area (TPSA) is 80.0 Å². The number of nitrogens with zero attached hydrogens (tertiary/aromatic N) is 1. The number of benzene rings is 2. The second kappa shape index (κ2) is 10.4. The molecule has 6 nitrogen and oxygen atoms in total. The zero-order valence-electron chi connectivity index (χ0n) is 18.9. The largest absolute Gasteiger partial charge is 0.507 e. The first kappa shape index (κ1) is 23.3. The molecule has 1 N–H and O–H groups in total. The average Bonchev–Trinajstić information content (AvgIpc) is 3.44. The lowest BCUT2D eigenvalue weighted by Crippen LogP contribution is -2.29. The molecule has 176 valence electrons. The number of ketones is 1. The highest BCUT2D eigenvalue weighted by atomic mass is 19.1. The van der Waals surface area contributed by atoms with Gasteiger partial charge in [-0.25, -0.2) is 4.39 Å². The lowest BCUT2D eigenvalue weighted by molar-refractivity contribution is -0.140. The molecule has 2 heterocycles. The number of likely N-dealkylation sites (tertiary alicyclic amines) is 1. The fourth-order valence-corrected chi connectivity index (χ4v) is 4.04. The molecule has 0 saturated carbocycles. The number of hydrogen-bond donors (Lipinski definition) is 1. The summed E-state index contributed by atoms with van der Waals surface area (Å²) in [6, 6.07) is 14.8. The molecule has 1 amide bonds. The predicted molar refractivity (Wildman–Crippen MR) is 124 cm³/mol. The van der Waals surface area contributed by atoms with Crippen LogP contribution >= 0.6 is 0 Å². The maximum Gasteiger partial charge on any atom is 0.296 e. The van der Waals surface area contributed by atoms with Crippen LogP contribution in [-0.2, 0) is 16.1 Å². The van der Waals surface area contributed by atoms with Crippen molar-refractivity contribution in [3.05, 3.63) is 95.2 Å². The van der Waals surface area contributed by atoms with Crippen LogP contribution < -0.4 is 4.74 Å². The first-order chi connectivity index (χ1) is 16.5. The van der Waals surface area contributed by atoms with Gasteiger partial charge in [-0.1, -0.05) is 31.9 Å². The van der Waals surface area contributed by atoms with Crippen molar-refractivity contribution in [1.29, 1.82) is 0 Å². The number of unbranched alkanes of at least 4 members (excludes halogenated alkanes) is 2.